The van der Waals surface area contributed by atoms with Crippen molar-refractivity contribution in [1.82, 2.24) is 0 Å². The van der Waals surface area contributed by atoms with Gasteiger partial charge in [0.15, 0.2) is 0 Å². The molecule has 0 unspecified atom stereocenters. The largest absolute Gasteiger partial charge is 0.261 e. The molecule has 0 spiro atoms. The minimum absolute atomic E-state index is 0.0883. The Kier molecular flexibility index (Phi) is 5.10. The normalized spacial score (nSPS) is 13.5. The first-order valence-electron chi connectivity index (χ1n) is 6.56. The second-order valence-electron chi connectivity index (χ2n) is 6.60. The molecular formula is C16H26NP. The number of aliphatic imine (C=N–C) groups is 1. The third-order valence-electron chi connectivity index (χ3n) is 2.88. The molecule has 1 nitrogen and oxygen atoms in total. The van der Waals surface area contributed by atoms with E-state index in [-0.39, 0.29) is 7.92 Å². The summed E-state index contributed by atoms with van der Waals surface area (Å²) in [5.74, 6) is 0. The van der Waals surface area contributed by atoms with Crippen molar-refractivity contribution in [1.29, 1.82) is 0 Å². The summed E-state index contributed by atoms with van der Waals surface area (Å²) >= 11 is 0. The lowest BCUT2D eigenvalue weighted by Crippen LogP contribution is -2.26. The molecule has 0 aliphatic rings. The summed E-state index contributed by atoms with van der Waals surface area (Å²) in [7, 11) is -0.0883. The molecule has 0 aromatic heterocycles. The highest BCUT2D eigenvalue weighted by atomic mass is 31.1. The molecule has 0 aliphatic heterocycles. The van der Waals surface area contributed by atoms with Crippen molar-refractivity contribution in [2.24, 2.45) is 4.99 Å². The van der Waals surface area contributed by atoms with E-state index in [4.69, 9.17) is 0 Å². The predicted octanol–water partition coefficient (Wildman–Crippen LogP) is 5.47. The molecule has 1 aromatic carbocycles. The highest BCUT2D eigenvalue weighted by Gasteiger charge is 2.33. The maximum absolute atomic E-state index is 4.56. The predicted molar refractivity (Wildman–Crippen MR) is 85.9 cm³/mol. The zero-order valence-corrected chi connectivity index (χ0v) is 13.5. The summed E-state index contributed by atoms with van der Waals surface area (Å²) in [6.07, 6.45) is 3.20. The average Bonchev–Trinajstić information content (AvgIpc) is 2.22. The van der Waals surface area contributed by atoms with E-state index in [0.717, 1.165) is 11.8 Å². The summed E-state index contributed by atoms with van der Waals surface area (Å²) < 4.78 is 0. The Hall–Kier alpha value is -0.680. The zero-order chi connectivity index (χ0) is 13.8. The molecule has 0 atom stereocenters. The molecule has 0 heterocycles. The molecule has 0 saturated heterocycles. The summed E-state index contributed by atoms with van der Waals surface area (Å²) in [5, 5.41) is 0.743. The highest BCUT2D eigenvalue weighted by Crippen LogP contribution is 2.58. The van der Waals surface area contributed by atoms with Gasteiger partial charge in [-0.25, -0.2) is 0 Å². The van der Waals surface area contributed by atoms with Gasteiger partial charge < -0.3 is 0 Å². The molecule has 0 N–H and O–H groups in total. The second-order valence-corrected chi connectivity index (χ2v) is 10.5. The first-order valence-corrected chi connectivity index (χ1v) is 8.09. The zero-order valence-electron chi connectivity index (χ0n) is 12.6. The maximum Gasteiger partial charge on any atom is 0.0625 e. The van der Waals surface area contributed by atoms with Crippen LogP contribution in [0.15, 0.2) is 35.3 Å². The lowest BCUT2D eigenvalue weighted by atomic mass is 10.2. The van der Waals surface area contributed by atoms with Crippen LogP contribution in [0.25, 0.3) is 0 Å². The van der Waals surface area contributed by atoms with Gasteiger partial charge >= 0.3 is 0 Å². The van der Waals surface area contributed by atoms with Crippen LogP contribution in [0.4, 0.5) is 5.69 Å². The number of benzene rings is 1. The van der Waals surface area contributed by atoms with Crippen LogP contribution < -0.4 is 0 Å². The number of rotatable bonds is 3. The molecule has 2 heteroatoms. The van der Waals surface area contributed by atoms with Gasteiger partial charge in [0, 0.05) is 12.4 Å². The van der Waals surface area contributed by atoms with Crippen LogP contribution in [-0.2, 0) is 0 Å². The van der Waals surface area contributed by atoms with Crippen LogP contribution in [0.2, 0.25) is 0 Å². The molecule has 18 heavy (non-hydrogen) atoms. The molecule has 0 saturated carbocycles. The SMILES string of the molecule is CC(C)(C)P(CC=Nc1ccccc1)C(C)(C)C. The first kappa shape index (κ1) is 15.4. The summed E-state index contributed by atoms with van der Waals surface area (Å²) in [6.45, 7) is 14.1. The Labute approximate surface area is 113 Å². The molecule has 0 radical (unpaired) electrons. The van der Waals surface area contributed by atoms with E-state index >= 15 is 0 Å². The van der Waals surface area contributed by atoms with Gasteiger partial charge in [0.2, 0.25) is 0 Å². The van der Waals surface area contributed by atoms with Crippen LogP contribution in [-0.4, -0.2) is 22.7 Å². The van der Waals surface area contributed by atoms with E-state index in [1.807, 2.05) is 30.3 Å². The number of para-hydroxylation sites is 1. The van der Waals surface area contributed by atoms with Gasteiger partial charge in [0.25, 0.3) is 0 Å². The van der Waals surface area contributed by atoms with Crippen molar-refractivity contribution in [2.75, 3.05) is 6.16 Å². The molecule has 100 valence electrons. The first-order chi connectivity index (χ1) is 8.21. The van der Waals surface area contributed by atoms with Gasteiger partial charge in [-0.05, 0) is 22.4 Å². The van der Waals surface area contributed by atoms with Crippen molar-refractivity contribution >= 4 is 19.8 Å². The standard InChI is InChI=1S/C16H26NP/c1-15(2,3)18(16(4,5)6)13-12-17-14-10-8-7-9-11-14/h7-12H,13H2,1-6H3. The Balaban J connectivity index is 2.73. The van der Waals surface area contributed by atoms with Gasteiger partial charge in [-0.15, -0.1) is 0 Å². The molecule has 0 fully saturated rings. The molecule has 1 aromatic rings. The van der Waals surface area contributed by atoms with Crippen molar-refractivity contribution in [2.45, 2.75) is 51.9 Å². The molecular weight excluding hydrogens is 237 g/mol. The molecule has 0 bridgehead atoms. The third kappa shape index (κ3) is 4.90. The van der Waals surface area contributed by atoms with E-state index in [1.54, 1.807) is 0 Å². The maximum atomic E-state index is 4.56. The topological polar surface area (TPSA) is 12.4 Å². The van der Waals surface area contributed by atoms with Crippen molar-refractivity contribution in [3.05, 3.63) is 30.3 Å². The van der Waals surface area contributed by atoms with Crippen molar-refractivity contribution in [3.63, 3.8) is 0 Å². The van der Waals surface area contributed by atoms with Gasteiger partial charge in [-0.1, -0.05) is 67.7 Å². The average molecular weight is 263 g/mol. The van der Waals surface area contributed by atoms with Crippen LogP contribution in [0.3, 0.4) is 0 Å². The number of nitrogens with zero attached hydrogens (tertiary/aromatic N) is 1. The van der Waals surface area contributed by atoms with Crippen molar-refractivity contribution in [3.8, 4) is 0 Å². The van der Waals surface area contributed by atoms with E-state index in [0.29, 0.717) is 10.3 Å². The molecule has 0 aliphatic carbocycles. The van der Waals surface area contributed by atoms with Crippen LogP contribution in [0, 0.1) is 0 Å². The summed E-state index contributed by atoms with van der Waals surface area (Å²) in [4.78, 5) is 4.56. The highest BCUT2D eigenvalue weighted by molar-refractivity contribution is 7.61. The van der Waals surface area contributed by atoms with Gasteiger partial charge in [-0.2, -0.15) is 0 Å². The Morgan fingerprint density at radius 1 is 0.944 bits per heavy atom. The summed E-state index contributed by atoms with van der Waals surface area (Å²) in [5.41, 5.74) is 1.05. The lowest BCUT2D eigenvalue weighted by Gasteiger charge is -2.40. The minimum atomic E-state index is -0.0883. The third-order valence-corrected chi connectivity index (χ3v) is 6.65. The molecule has 1 rings (SSSR count). The number of hydrogen-bond donors (Lipinski definition) is 0. The smallest absolute Gasteiger partial charge is 0.0625 e. The fourth-order valence-electron chi connectivity index (χ4n) is 2.30. The van der Waals surface area contributed by atoms with Gasteiger partial charge in [-0.3, -0.25) is 4.99 Å². The quantitative estimate of drug-likeness (QED) is 0.506. The van der Waals surface area contributed by atoms with E-state index in [9.17, 15) is 0 Å². The second kappa shape index (κ2) is 5.97. The monoisotopic (exact) mass is 263 g/mol. The van der Waals surface area contributed by atoms with Crippen LogP contribution in [0.1, 0.15) is 41.5 Å². The lowest BCUT2D eigenvalue weighted by molar-refractivity contribution is 0.709. The number of hydrogen-bond acceptors (Lipinski definition) is 1. The summed E-state index contributed by atoms with van der Waals surface area (Å²) in [6, 6.07) is 10.2. The minimum Gasteiger partial charge on any atom is -0.261 e. The van der Waals surface area contributed by atoms with Gasteiger partial charge in [0.1, 0.15) is 0 Å². The van der Waals surface area contributed by atoms with E-state index in [2.05, 4.69) is 52.7 Å². The van der Waals surface area contributed by atoms with E-state index < -0.39 is 0 Å². The van der Waals surface area contributed by atoms with Gasteiger partial charge in [0.05, 0.1) is 5.69 Å². The van der Waals surface area contributed by atoms with E-state index in [1.165, 1.54) is 0 Å². The fraction of sp³-hybridized carbons (Fsp3) is 0.562. The van der Waals surface area contributed by atoms with Crippen LogP contribution >= 0.6 is 7.92 Å². The van der Waals surface area contributed by atoms with Crippen LogP contribution in [0.5, 0.6) is 0 Å². The Morgan fingerprint density at radius 2 is 1.44 bits per heavy atom. The molecule has 0 amide bonds. The Morgan fingerprint density at radius 3 is 1.89 bits per heavy atom. The fourth-order valence-corrected chi connectivity index (χ4v) is 5.65. The van der Waals surface area contributed by atoms with Crippen molar-refractivity contribution < 1.29 is 0 Å². The Bertz CT molecular complexity index is 368.